The predicted molar refractivity (Wildman–Crippen MR) is 212 cm³/mol. The fourth-order valence-corrected chi connectivity index (χ4v) is 8.91. The van der Waals surface area contributed by atoms with E-state index in [4.69, 9.17) is 18.7 Å². The van der Waals surface area contributed by atoms with Crippen LogP contribution in [-0.4, -0.2) is 81.7 Å². The number of phosphoric ester groups is 1. The highest BCUT2D eigenvalue weighted by molar-refractivity contribution is 7.46. The standard InChI is InChI=1S/C43H43N4O9P/c48-42(46-26-30-9-5-4-8-29(30)22-33(46)27-44-18-20-53-21-19-44)36-25-41-40(54-28-55-41)24-35(36)39-23-37(38-12-6-7-17-45(38)39)43(49)47(31-10-2-1-3-11-31)32-13-15-34(16-14-32)56-57(50,51)52/h1-5,8-11,13-16,23-25,33H,6-7,12,17-22,26-28H2,(H2,50,51,52)/t33-/m0/s1. The van der Waals surface area contributed by atoms with E-state index in [0.29, 0.717) is 72.3 Å². The fourth-order valence-electron chi connectivity index (χ4n) is 8.51. The van der Waals surface area contributed by atoms with Gasteiger partial charge in [-0.2, -0.15) is 0 Å². The number of carbonyl (C=O) groups is 2. The topological polar surface area (TPSA) is 143 Å². The van der Waals surface area contributed by atoms with Gasteiger partial charge in [0.25, 0.3) is 11.8 Å². The molecular weight excluding hydrogens is 747 g/mol. The average molecular weight is 791 g/mol. The predicted octanol–water partition coefficient (Wildman–Crippen LogP) is 6.57. The molecule has 1 fully saturated rings. The number of morpholine rings is 1. The molecular formula is C43H43N4O9P. The molecule has 0 spiro atoms. The Balaban J connectivity index is 1.13. The Bertz CT molecular complexity index is 2350. The highest BCUT2D eigenvalue weighted by atomic mass is 31.2. The maximum absolute atomic E-state index is 15.2. The van der Waals surface area contributed by atoms with Gasteiger partial charge in [0.1, 0.15) is 5.75 Å². The molecule has 4 aliphatic heterocycles. The number of para-hydroxylation sites is 1. The summed E-state index contributed by atoms with van der Waals surface area (Å²) in [7, 11) is -4.78. The molecule has 1 saturated heterocycles. The van der Waals surface area contributed by atoms with Crippen LogP contribution in [0.4, 0.5) is 11.4 Å². The molecule has 5 aromatic rings. The van der Waals surface area contributed by atoms with E-state index >= 15 is 9.59 Å². The van der Waals surface area contributed by atoms with Crippen LogP contribution < -0.4 is 18.9 Å². The van der Waals surface area contributed by atoms with Crippen molar-refractivity contribution in [2.45, 2.75) is 44.8 Å². The van der Waals surface area contributed by atoms with Gasteiger partial charge in [-0.05, 0) is 91.4 Å². The number of amides is 2. The minimum atomic E-state index is -4.78. The fraction of sp³-hybridized carbons (Fsp3) is 0.302. The monoisotopic (exact) mass is 790 g/mol. The number of phosphoric acid groups is 1. The number of hydrogen-bond donors (Lipinski definition) is 2. The number of aromatic nitrogens is 1. The summed E-state index contributed by atoms with van der Waals surface area (Å²) in [5.41, 5.74) is 6.74. The van der Waals surface area contributed by atoms with E-state index in [2.05, 4.69) is 27.7 Å². The summed E-state index contributed by atoms with van der Waals surface area (Å²) in [6.45, 7) is 4.87. The van der Waals surface area contributed by atoms with Gasteiger partial charge in [-0.15, -0.1) is 0 Å². The molecule has 4 aromatic carbocycles. The number of hydrogen-bond acceptors (Lipinski definition) is 8. The number of ether oxygens (including phenoxy) is 3. The van der Waals surface area contributed by atoms with E-state index in [1.165, 1.54) is 17.7 Å². The Morgan fingerprint density at radius 3 is 2.26 bits per heavy atom. The first kappa shape index (κ1) is 37.2. The van der Waals surface area contributed by atoms with Crippen molar-refractivity contribution < 1.29 is 42.7 Å². The smallest absolute Gasteiger partial charge is 0.454 e. The van der Waals surface area contributed by atoms with Crippen LogP contribution in [0.3, 0.4) is 0 Å². The first-order chi connectivity index (χ1) is 27.7. The molecule has 5 heterocycles. The molecule has 2 amide bonds. The molecule has 4 aliphatic rings. The summed E-state index contributed by atoms with van der Waals surface area (Å²) in [6, 6.07) is 29.1. The number of carbonyl (C=O) groups excluding carboxylic acids is 2. The molecule has 294 valence electrons. The largest absolute Gasteiger partial charge is 0.524 e. The van der Waals surface area contributed by atoms with Crippen molar-refractivity contribution in [2.24, 2.45) is 0 Å². The van der Waals surface area contributed by atoms with Gasteiger partial charge in [0.2, 0.25) is 6.79 Å². The Morgan fingerprint density at radius 1 is 0.807 bits per heavy atom. The van der Waals surface area contributed by atoms with Crippen molar-refractivity contribution in [1.29, 1.82) is 0 Å². The minimum Gasteiger partial charge on any atom is -0.454 e. The van der Waals surface area contributed by atoms with E-state index in [0.717, 1.165) is 55.8 Å². The number of benzene rings is 4. The Hall–Kier alpha value is -5.43. The molecule has 0 unspecified atom stereocenters. The third-order valence-corrected chi connectivity index (χ3v) is 11.7. The Morgan fingerprint density at radius 2 is 1.51 bits per heavy atom. The second-order valence-corrected chi connectivity index (χ2v) is 15.9. The highest BCUT2D eigenvalue weighted by Gasteiger charge is 2.36. The minimum absolute atomic E-state index is 0.0274. The molecule has 1 aromatic heterocycles. The Kier molecular flexibility index (Phi) is 10.1. The third-order valence-electron chi connectivity index (χ3n) is 11.2. The zero-order chi connectivity index (χ0) is 39.1. The first-order valence-corrected chi connectivity index (χ1v) is 20.8. The lowest BCUT2D eigenvalue weighted by Crippen LogP contribution is -2.52. The van der Waals surface area contributed by atoms with Gasteiger partial charge in [-0.1, -0.05) is 42.5 Å². The third kappa shape index (κ3) is 7.57. The van der Waals surface area contributed by atoms with Crippen molar-refractivity contribution in [3.8, 4) is 28.5 Å². The summed E-state index contributed by atoms with van der Waals surface area (Å²) >= 11 is 0. The second-order valence-electron chi connectivity index (χ2n) is 14.8. The summed E-state index contributed by atoms with van der Waals surface area (Å²) in [4.78, 5) is 54.9. The number of fused-ring (bicyclic) bond motifs is 3. The van der Waals surface area contributed by atoms with Crippen molar-refractivity contribution in [1.82, 2.24) is 14.4 Å². The molecule has 0 radical (unpaired) electrons. The van der Waals surface area contributed by atoms with Crippen LogP contribution >= 0.6 is 7.82 Å². The summed E-state index contributed by atoms with van der Waals surface area (Å²) < 4.78 is 35.9. The quantitative estimate of drug-likeness (QED) is 0.158. The summed E-state index contributed by atoms with van der Waals surface area (Å²) in [6.07, 6.45) is 3.20. The van der Waals surface area contributed by atoms with Crippen molar-refractivity contribution in [3.63, 3.8) is 0 Å². The lowest BCUT2D eigenvalue weighted by Gasteiger charge is -2.40. The molecule has 2 N–H and O–H groups in total. The lowest BCUT2D eigenvalue weighted by atomic mass is 9.92. The van der Waals surface area contributed by atoms with Crippen LogP contribution in [0, 0.1) is 0 Å². The Labute approximate surface area is 330 Å². The molecule has 13 nitrogen and oxygen atoms in total. The summed E-state index contributed by atoms with van der Waals surface area (Å²) in [5.74, 6) is 0.624. The van der Waals surface area contributed by atoms with Gasteiger partial charge < -0.3 is 28.2 Å². The molecule has 57 heavy (non-hydrogen) atoms. The molecule has 14 heteroatoms. The molecule has 0 bridgehead atoms. The van der Waals surface area contributed by atoms with E-state index in [9.17, 15) is 14.4 Å². The van der Waals surface area contributed by atoms with E-state index < -0.39 is 7.82 Å². The highest BCUT2D eigenvalue weighted by Crippen LogP contribution is 2.43. The second kappa shape index (κ2) is 15.5. The van der Waals surface area contributed by atoms with Crippen molar-refractivity contribution >= 4 is 31.0 Å². The van der Waals surface area contributed by atoms with Crippen LogP contribution in [0.1, 0.15) is 50.4 Å². The number of nitrogens with zero attached hydrogens (tertiary/aromatic N) is 4. The van der Waals surface area contributed by atoms with Gasteiger partial charge in [0, 0.05) is 67.1 Å². The van der Waals surface area contributed by atoms with Crippen molar-refractivity contribution in [3.05, 3.63) is 125 Å². The lowest BCUT2D eigenvalue weighted by molar-refractivity contribution is 0.0193. The average Bonchev–Trinajstić information content (AvgIpc) is 3.85. The van der Waals surface area contributed by atoms with Crippen LogP contribution in [0.2, 0.25) is 0 Å². The van der Waals surface area contributed by atoms with Gasteiger partial charge in [0.15, 0.2) is 11.5 Å². The molecule has 0 aliphatic carbocycles. The summed E-state index contributed by atoms with van der Waals surface area (Å²) in [5, 5.41) is 0. The number of anilines is 2. The zero-order valence-corrected chi connectivity index (χ0v) is 32.2. The molecule has 0 saturated carbocycles. The van der Waals surface area contributed by atoms with E-state index in [1.807, 2.05) is 53.4 Å². The maximum Gasteiger partial charge on any atom is 0.524 e. The van der Waals surface area contributed by atoms with E-state index in [-0.39, 0.29) is 30.4 Å². The van der Waals surface area contributed by atoms with Crippen LogP contribution in [0.5, 0.6) is 17.2 Å². The first-order valence-electron chi connectivity index (χ1n) is 19.3. The van der Waals surface area contributed by atoms with Crippen LogP contribution in [0.25, 0.3) is 11.3 Å². The molecule has 9 rings (SSSR count). The SMILES string of the molecule is O=C(c1cc(-c2cc3c(cc2C(=O)N2Cc4ccccc4C[C@H]2CN2CCOCC2)OCO3)n2c1CCCC2)N(c1ccccc1)c1ccc(OP(=O)(O)O)cc1. The zero-order valence-electron chi connectivity index (χ0n) is 31.3. The van der Waals surface area contributed by atoms with Crippen molar-refractivity contribution in [2.75, 3.05) is 44.5 Å². The van der Waals surface area contributed by atoms with Crippen LogP contribution in [-0.2, 0) is 35.2 Å². The van der Waals surface area contributed by atoms with Gasteiger partial charge in [0.05, 0.1) is 24.3 Å². The van der Waals surface area contributed by atoms with Gasteiger partial charge in [-0.3, -0.25) is 29.2 Å². The molecule has 1 atom stereocenters. The van der Waals surface area contributed by atoms with Gasteiger partial charge in [-0.25, -0.2) is 4.57 Å². The maximum atomic E-state index is 15.2. The van der Waals surface area contributed by atoms with Crippen LogP contribution in [0.15, 0.2) is 97.1 Å². The van der Waals surface area contributed by atoms with E-state index in [1.54, 1.807) is 23.1 Å². The number of rotatable bonds is 9. The normalized spacial score (nSPS) is 17.8. The van der Waals surface area contributed by atoms with Gasteiger partial charge >= 0.3 is 7.82 Å².